The van der Waals surface area contributed by atoms with Crippen LogP contribution in [0.15, 0.2) is 71.9 Å². The third-order valence-electron chi connectivity index (χ3n) is 2.96. The van der Waals surface area contributed by atoms with E-state index < -0.39 is 10.0 Å². The molecule has 0 spiro atoms. The first kappa shape index (κ1) is 16.2. The fourth-order valence-electron chi connectivity index (χ4n) is 1.89. The Hall–Kier alpha value is -2.64. The van der Waals surface area contributed by atoms with E-state index in [0.29, 0.717) is 5.75 Å². The number of halogens is 1. The van der Waals surface area contributed by atoms with Gasteiger partial charge in [0, 0.05) is 0 Å². The molecule has 3 rings (SSSR count). The van der Waals surface area contributed by atoms with E-state index in [4.69, 9.17) is 16.3 Å². The Morgan fingerprint density at radius 1 is 0.917 bits per heavy atom. The Labute approximate surface area is 144 Å². The van der Waals surface area contributed by atoms with Gasteiger partial charge in [-0.3, -0.25) is 4.72 Å². The molecule has 3 aromatic rings. The number of sulfonamides is 1. The SMILES string of the molecule is O=S(=O)(Nc1cnc(Oc2ccccc2)nc1)c1ccccc1Cl. The van der Waals surface area contributed by atoms with Gasteiger partial charge in [-0.05, 0) is 24.3 Å². The summed E-state index contributed by atoms with van der Waals surface area (Å²) in [5.74, 6) is 0.585. The van der Waals surface area contributed by atoms with E-state index in [9.17, 15) is 8.42 Å². The zero-order valence-corrected chi connectivity index (χ0v) is 13.8. The predicted molar refractivity (Wildman–Crippen MR) is 90.8 cm³/mol. The van der Waals surface area contributed by atoms with Gasteiger partial charge in [-0.15, -0.1) is 0 Å². The van der Waals surface area contributed by atoms with Crippen LogP contribution >= 0.6 is 11.6 Å². The van der Waals surface area contributed by atoms with E-state index >= 15 is 0 Å². The Balaban J connectivity index is 1.76. The van der Waals surface area contributed by atoms with Crippen molar-refractivity contribution in [2.45, 2.75) is 4.90 Å². The van der Waals surface area contributed by atoms with Crippen LogP contribution in [0.25, 0.3) is 0 Å². The third kappa shape index (κ3) is 3.81. The van der Waals surface area contributed by atoms with Crippen LogP contribution in [0.4, 0.5) is 5.69 Å². The summed E-state index contributed by atoms with van der Waals surface area (Å²) < 4.78 is 32.5. The number of anilines is 1. The molecule has 8 heteroatoms. The minimum absolute atomic E-state index is 0.0173. The summed E-state index contributed by atoms with van der Waals surface area (Å²) in [7, 11) is -3.82. The number of aromatic nitrogens is 2. The van der Waals surface area contributed by atoms with Crippen LogP contribution in [0.1, 0.15) is 0 Å². The average Bonchev–Trinajstić information content (AvgIpc) is 2.58. The Kier molecular flexibility index (Phi) is 4.64. The number of nitrogens with zero attached hydrogens (tertiary/aromatic N) is 2. The number of hydrogen-bond donors (Lipinski definition) is 1. The van der Waals surface area contributed by atoms with Gasteiger partial charge in [0.15, 0.2) is 0 Å². The van der Waals surface area contributed by atoms with E-state index in [1.807, 2.05) is 18.2 Å². The minimum Gasteiger partial charge on any atom is -0.424 e. The smallest absolute Gasteiger partial charge is 0.322 e. The predicted octanol–water partition coefficient (Wildman–Crippen LogP) is 3.72. The number of ether oxygens (including phenoxy) is 1. The van der Waals surface area contributed by atoms with Crippen molar-refractivity contribution < 1.29 is 13.2 Å². The number of benzene rings is 2. The maximum absolute atomic E-state index is 12.3. The van der Waals surface area contributed by atoms with E-state index in [1.54, 1.807) is 24.3 Å². The second-order valence-corrected chi connectivity index (χ2v) is 6.76. The van der Waals surface area contributed by atoms with Crippen LogP contribution in [-0.2, 0) is 10.0 Å². The lowest BCUT2D eigenvalue weighted by Crippen LogP contribution is -2.13. The highest BCUT2D eigenvalue weighted by Gasteiger charge is 2.17. The van der Waals surface area contributed by atoms with Crippen molar-refractivity contribution in [3.05, 3.63) is 72.0 Å². The summed E-state index contributed by atoms with van der Waals surface area (Å²) in [6, 6.07) is 15.3. The maximum atomic E-state index is 12.3. The van der Waals surface area contributed by atoms with Crippen molar-refractivity contribution >= 4 is 27.3 Å². The van der Waals surface area contributed by atoms with Crippen molar-refractivity contribution in [1.29, 1.82) is 0 Å². The highest BCUT2D eigenvalue weighted by Crippen LogP contribution is 2.23. The van der Waals surface area contributed by atoms with Crippen molar-refractivity contribution in [3.63, 3.8) is 0 Å². The quantitative estimate of drug-likeness (QED) is 0.749. The Bertz CT molecular complexity index is 932. The van der Waals surface area contributed by atoms with Gasteiger partial charge in [-0.2, -0.15) is 0 Å². The van der Waals surface area contributed by atoms with Crippen molar-refractivity contribution in [2.75, 3.05) is 4.72 Å². The van der Waals surface area contributed by atoms with Gasteiger partial charge in [-0.25, -0.2) is 18.4 Å². The lowest BCUT2D eigenvalue weighted by molar-refractivity contribution is 0.442. The molecule has 0 amide bonds. The fraction of sp³-hybridized carbons (Fsp3) is 0. The molecule has 1 heterocycles. The molecule has 0 radical (unpaired) electrons. The summed E-state index contributed by atoms with van der Waals surface area (Å²) in [5.41, 5.74) is 0.204. The third-order valence-corrected chi connectivity index (χ3v) is 4.84. The van der Waals surface area contributed by atoms with Crippen molar-refractivity contribution in [2.24, 2.45) is 0 Å². The van der Waals surface area contributed by atoms with Crippen LogP contribution in [0.5, 0.6) is 11.8 Å². The molecule has 0 unspecified atom stereocenters. The Morgan fingerprint density at radius 2 is 1.54 bits per heavy atom. The maximum Gasteiger partial charge on any atom is 0.322 e. The molecule has 0 fully saturated rings. The topological polar surface area (TPSA) is 81.2 Å². The average molecular weight is 362 g/mol. The summed E-state index contributed by atoms with van der Waals surface area (Å²) in [4.78, 5) is 7.94. The highest BCUT2D eigenvalue weighted by atomic mass is 35.5. The molecular formula is C16H12ClN3O3S. The molecule has 0 aliphatic heterocycles. The summed E-state index contributed by atoms with van der Waals surface area (Å²) in [6.07, 6.45) is 2.64. The molecule has 0 saturated heterocycles. The molecule has 0 aliphatic rings. The van der Waals surface area contributed by atoms with Crippen LogP contribution in [0.3, 0.4) is 0 Å². The first-order valence-electron chi connectivity index (χ1n) is 6.87. The van der Waals surface area contributed by atoms with E-state index in [-0.39, 0.29) is 21.6 Å². The largest absolute Gasteiger partial charge is 0.424 e. The normalized spacial score (nSPS) is 11.0. The van der Waals surface area contributed by atoms with Gasteiger partial charge in [0.1, 0.15) is 10.6 Å². The molecule has 122 valence electrons. The fourth-order valence-corrected chi connectivity index (χ4v) is 3.44. The molecule has 1 aromatic heterocycles. The molecular weight excluding hydrogens is 350 g/mol. The van der Waals surface area contributed by atoms with Gasteiger partial charge < -0.3 is 4.74 Å². The summed E-state index contributed by atoms with van der Waals surface area (Å²) in [5, 5.41) is 0.134. The van der Waals surface area contributed by atoms with Crippen LogP contribution in [-0.4, -0.2) is 18.4 Å². The van der Waals surface area contributed by atoms with E-state index in [0.717, 1.165) is 0 Å². The van der Waals surface area contributed by atoms with Crippen molar-refractivity contribution in [3.8, 4) is 11.8 Å². The standard InChI is InChI=1S/C16H12ClN3O3S/c17-14-8-4-5-9-15(14)24(21,22)20-12-10-18-16(19-11-12)23-13-6-2-1-3-7-13/h1-11,20H. The van der Waals surface area contributed by atoms with E-state index in [2.05, 4.69) is 14.7 Å². The van der Waals surface area contributed by atoms with Crippen LogP contribution in [0, 0.1) is 0 Å². The van der Waals surface area contributed by atoms with Gasteiger partial charge in [0.2, 0.25) is 0 Å². The van der Waals surface area contributed by atoms with Gasteiger partial charge >= 0.3 is 6.01 Å². The summed E-state index contributed by atoms with van der Waals surface area (Å²) in [6.45, 7) is 0. The Morgan fingerprint density at radius 3 is 2.21 bits per heavy atom. The van der Waals surface area contributed by atoms with Crippen LogP contribution < -0.4 is 9.46 Å². The van der Waals surface area contributed by atoms with Gasteiger partial charge in [-0.1, -0.05) is 41.9 Å². The minimum atomic E-state index is -3.82. The number of para-hydroxylation sites is 1. The number of nitrogens with one attached hydrogen (secondary N) is 1. The number of rotatable bonds is 5. The van der Waals surface area contributed by atoms with E-state index in [1.165, 1.54) is 24.5 Å². The van der Waals surface area contributed by atoms with Gasteiger partial charge in [0.05, 0.1) is 23.1 Å². The molecule has 24 heavy (non-hydrogen) atoms. The van der Waals surface area contributed by atoms with Crippen molar-refractivity contribution in [1.82, 2.24) is 9.97 Å². The monoisotopic (exact) mass is 361 g/mol. The summed E-state index contributed by atoms with van der Waals surface area (Å²) >= 11 is 5.92. The highest BCUT2D eigenvalue weighted by molar-refractivity contribution is 7.92. The lowest BCUT2D eigenvalue weighted by Gasteiger charge is -2.09. The molecule has 0 atom stereocenters. The molecule has 6 nitrogen and oxygen atoms in total. The molecule has 0 bridgehead atoms. The zero-order valence-electron chi connectivity index (χ0n) is 12.3. The molecule has 2 aromatic carbocycles. The molecule has 1 N–H and O–H groups in total. The second kappa shape index (κ2) is 6.86. The lowest BCUT2D eigenvalue weighted by atomic mass is 10.3. The molecule has 0 aliphatic carbocycles. The first-order valence-corrected chi connectivity index (χ1v) is 8.73. The molecule has 0 saturated carbocycles. The zero-order chi connectivity index (χ0) is 17.0. The van der Waals surface area contributed by atoms with Gasteiger partial charge in [0.25, 0.3) is 10.0 Å². The first-order chi connectivity index (χ1) is 11.5. The number of hydrogen-bond acceptors (Lipinski definition) is 5. The van der Waals surface area contributed by atoms with Crippen LogP contribution in [0.2, 0.25) is 5.02 Å². The second-order valence-electron chi connectivity index (χ2n) is 4.71.